The largest absolute Gasteiger partial charge is 0.461 e. The second-order valence-corrected chi connectivity index (χ2v) is 12.4. The van der Waals surface area contributed by atoms with Gasteiger partial charge in [0.2, 0.25) is 16.9 Å². The summed E-state index contributed by atoms with van der Waals surface area (Å²) in [6.07, 6.45) is -0.436. The van der Waals surface area contributed by atoms with Crippen LogP contribution in [0.15, 0.2) is 47.4 Å². The van der Waals surface area contributed by atoms with E-state index in [-0.39, 0.29) is 34.6 Å². The molecular weight excluding hydrogens is 602 g/mol. The zero-order valence-electron chi connectivity index (χ0n) is 24.0. The maximum absolute atomic E-state index is 13.6. The van der Waals surface area contributed by atoms with Crippen LogP contribution in [0.25, 0.3) is 10.9 Å². The summed E-state index contributed by atoms with van der Waals surface area (Å²) in [6, 6.07) is 11.3. The normalized spacial score (nSPS) is 19.8. The van der Waals surface area contributed by atoms with Crippen LogP contribution >= 0.6 is 0 Å². The molecular formula is C30H35F4N5O4S. The molecule has 0 amide bonds. The monoisotopic (exact) mass is 637 g/mol. The van der Waals surface area contributed by atoms with Gasteiger partial charge in [-0.05, 0) is 61.9 Å². The highest BCUT2D eigenvalue weighted by atomic mass is 32.2. The lowest BCUT2D eigenvalue weighted by atomic mass is 9.89. The molecule has 0 bridgehead atoms. The Bertz CT molecular complexity index is 1620. The molecule has 0 atom stereocenters. The molecule has 44 heavy (non-hydrogen) atoms. The minimum Gasteiger partial charge on any atom is -0.461 e. The van der Waals surface area contributed by atoms with Gasteiger partial charge < -0.3 is 24.7 Å². The topological polar surface area (TPSA) is 111 Å². The van der Waals surface area contributed by atoms with E-state index in [1.165, 1.54) is 12.1 Å². The third-order valence-electron chi connectivity index (χ3n) is 7.98. The Morgan fingerprint density at radius 1 is 1.05 bits per heavy atom. The van der Waals surface area contributed by atoms with Crippen LogP contribution in [-0.4, -0.2) is 75.9 Å². The van der Waals surface area contributed by atoms with E-state index in [2.05, 4.69) is 27.4 Å². The number of nitrogens with two attached hydrogens (primary N) is 1. The Hall–Kier alpha value is -3.51. The fourth-order valence-corrected chi connectivity index (χ4v) is 6.42. The predicted octanol–water partition coefficient (Wildman–Crippen LogP) is 4.68. The molecule has 2 aromatic carbocycles. The van der Waals surface area contributed by atoms with E-state index in [1.54, 1.807) is 18.2 Å². The second-order valence-electron chi connectivity index (χ2n) is 10.9. The summed E-state index contributed by atoms with van der Waals surface area (Å²) in [5.41, 5.74) is 1.62. The molecule has 2 fully saturated rings. The molecule has 9 nitrogen and oxygen atoms in total. The summed E-state index contributed by atoms with van der Waals surface area (Å²) < 4.78 is 88.5. The maximum atomic E-state index is 13.6. The van der Waals surface area contributed by atoms with Gasteiger partial charge in [-0.1, -0.05) is 12.0 Å². The summed E-state index contributed by atoms with van der Waals surface area (Å²) in [7, 11) is -4.04. The lowest BCUT2D eigenvalue weighted by Crippen LogP contribution is -2.46. The van der Waals surface area contributed by atoms with Crippen LogP contribution in [-0.2, 0) is 21.3 Å². The Kier molecular flexibility index (Phi) is 9.89. The number of rotatable bonds is 9. The first-order valence-corrected chi connectivity index (χ1v) is 15.9. The van der Waals surface area contributed by atoms with Crippen LogP contribution in [0.2, 0.25) is 0 Å². The van der Waals surface area contributed by atoms with Crippen LogP contribution in [0.3, 0.4) is 0 Å². The number of benzene rings is 2. The standard InChI is InChI=1S/C30H35F4N5O4S/c31-20-43-29-18-24(44(35,40)41)10-11-27(29)36-12-2-3-23-17-25-26(4-1-5-28(25)39(23)19-30(32,33)34)37-21-6-8-22(9-7-21)38-13-15-42-16-14-38/h1,4-5,10-11,17-18,21-22,36-37H,6-9,12-16,19-20H2,(H2,35,40,41). The van der Waals surface area contributed by atoms with E-state index in [4.69, 9.17) is 14.6 Å². The van der Waals surface area contributed by atoms with Gasteiger partial charge in [0, 0.05) is 42.3 Å². The third-order valence-corrected chi connectivity index (χ3v) is 8.89. The van der Waals surface area contributed by atoms with Crippen molar-refractivity contribution in [1.29, 1.82) is 0 Å². The van der Waals surface area contributed by atoms with Crippen LogP contribution in [0.5, 0.6) is 5.75 Å². The fourth-order valence-electron chi connectivity index (χ4n) is 5.89. The first kappa shape index (κ1) is 31.9. The molecule has 2 heterocycles. The van der Waals surface area contributed by atoms with Crippen molar-refractivity contribution >= 4 is 32.3 Å². The molecule has 238 valence electrons. The van der Waals surface area contributed by atoms with Crippen molar-refractivity contribution in [1.82, 2.24) is 9.47 Å². The van der Waals surface area contributed by atoms with E-state index in [1.807, 2.05) is 6.07 Å². The number of halogens is 4. The summed E-state index contributed by atoms with van der Waals surface area (Å²) in [5.74, 6) is 5.55. The Morgan fingerprint density at radius 3 is 2.48 bits per heavy atom. The summed E-state index contributed by atoms with van der Waals surface area (Å²) in [4.78, 5) is 2.23. The molecule has 14 heteroatoms. The van der Waals surface area contributed by atoms with E-state index in [9.17, 15) is 26.0 Å². The molecule has 2 aliphatic rings. The summed E-state index contributed by atoms with van der Waals surface area (Å²) in [6.45, 7) is 0.974. The van der Waals surface area contributed by atoms with E-state index in [0.717, 1.165) is 68.3 Å². The number of alkyl halides is 4. The summed E-state index contributed by atoms with van der Waals surface area (Å²) in [5, 5.41) is 12.3. The number of nitrogens with zero attached hydrogens (tertiary/aromatic N) is 2. The molecule has 1 aliphatic heterocycles. The Morgan fingerprint density at radius 2 is 1.80 bits per heavy atom. The van der Waals surface area contributed by atoms with E-state index >= 15 is 0 Å². The average molecular weight is 638 g/mol. The molecule has 0 unspecified atom stereocenters. The van der Waals surface area contributed by atoms with Crippen LogP contribution < -0.4 is 20.5 Å². The van der Waals surface area contributed by atoms with Crippen LogP contribution in [0.1, 0.15) is 31.4 Å². The minimum atomic E-state index is -4.47. The molecule has 1 aromatic heterocycles. The third kappa shape index (κ3) is 7.95. The van der Waals surface area contributed by atoms with Gasteiger partial charge in [-0.3, -0.25) is 4.90 Å². The van der Waals surface area contributed by atoms with Crippen molar-refractivity contribution in [3.63, 3.8) is 0 Å². The first-order valence-electron chi connectivity index (χ1n) is 14.4. The number of fused-ring (bicyclic) bond motifs is 1. The number of aromatic nitrogens is 1. The molecule has 3 aromatic rings. The molecule has 0 radical (unpaired) electrons. The highest BCUT2D eigenvalue weighted by Crippen LogP contribution is 2.33. The second kappa shape index (κ2) is 13.6. The van der Waals surface area contributed by atoms with Gasteiger partial charge in [-0.2, -0.15) is 13.2 Å². The quantitative estimate of drug-likeness (QED) is 0.231. The van der Waals surface area contributed by atoms with Crippen molar-refractivity contribution in [2.75, 3.05) is 50.3 Å². The van der Waals surface area contributed by atoms with Crippen molar-refractivity contribution in [3.05, 3.63) is 48.2 Å². The lowest BCUT2D eigenvalue weighted by Gasteiger charge is -2.39. The van der Waals surface area contributed by atoms with Crippen molar-refractivity contribution in [2.45, 2.75) is 55.4 Å². The van der Waals surface area contributed by atoms with Gasteiger partial charge in [0.25, 0.3) is 0 Å². The van der Waals surface area contributed by atoms with Gasteiger partial charge in [0.15, 0.2) is 0 Å². The van der Waals surface area contributed by atoms with Gasteiger partial charge in [0.1, 0.15) is 12.3 Å². The van der Waals surface area contributed by atoms with Gasteiger partial charge >= 0.3 is 6.18 Å². The maximum Gasteiger partial charge on any atom is 0.406 e. The molecule has 5 rings (SSSR count). The van der Waals surface area contributed by atoms with Crippen LogP contribution in [0.4, 0.5) is 28.9 Å². The van der Waals surface area contributed by atoms with Crippen molar-refractivity contribution < 1.29 is 35.5 Å². The Labute approximate surface area is 253 Å². The number of anilines is 2. The van der Waals surface area contributed by atoms with E-state index in [0.29, 0.717) is 16.9 Å². The molecule has 1 saturated heterocycles. The number of primary sulfonamides is 1. The summed E-state index contributed by atoms with van der Waals surface area (Å²) >= 11 is 0. The first-order chi connectivity index (χ1) is 21.0. The highest BCUT2D eigenvalue weighted by molar-refractivity contribution is 7.89. The molecule has 0 spiro atoms. The van der Waals surface area contributed by atoms with E-state index < -0.39 is 29.6 Å². The number of morpholine rings is 1. The molecule has 4 N–H and O–H groups in total. The van der Waals surface area contributed by atoms with Gasteiger partial charge in [-0.15, -0.1) is 0 Å². The lowest BCUT2D eigenvalue weighted by molar-refractivity contribution is -0.140. The molecule has 1 aliphatic carbocycles. The smallest absolute Gasteiger partial charge is 0.406 e. The Balaban J connectivity index is 1.33. The van der Waals surface area contributed by atoms with Gasteiger partial charge in [-0.25, -0.2) is 17.9 Å². The number of hydrogen-bond donors (Lipinski definition) is 3. The SMILES string of the molecule is NS(=O)(=O)c1ccc(NCC#Cc2cc3c(NC4CCC(N5CCOCC5)CC4)cccc3n2CC(F)(F)F)c(OCF)c1. The highest BCUT2D eigenvalue weighted by Gasteiger charge is 2.31. The zero-order valence-corrected chi connectivity index (χ0v) is 24.8. The van der Waals surface area contributed by atoms with Gasteiger partial charge in [0.05, 0.1) is 41.6 Å². The predicted molar refractivity (Wildman–Crippen MR) is 160 cm³/mol. The van der Waals surface area contributed by atoms with Crippen molar-refractivity contribution in [2.24, 2.45) is 5.14 Å². The van der Waals surface area contributed by atoms with Crippen molar-refractivity contribution in [3.8, 4) is 17.6 Å². The number of sulfonamides is 1. The average Bonchev–Trinajstić information content (AvgIpc) is 3.33. The van der Waals surface area contributed by atoms with Crippen LogP contribution in [0, 0.1) is 11.8 Å². The number of nitrogens with one attached hydrogen (secondary N) is 2. The number of hydrogen-bond acceptors (Lipinski definition) is 7. The number of ether oxygens (including phenoxy) is 2. The minimum absolute atomic E-state index is 0.0393. The zero-order chi connectivity index (χ0) is 31.3. The fraction of sp³-hybridized carbons (Fsp3) is 0.467. The molecule has 1 saturated carbocycles.